The number of pyridine rings is 1. The zero-order chi connectivity index (χ0) is 11.9. The van der Waals surface area contributed by atoms with Gasteiger partial charge in [-0.3, -0.25) is 4.98 Å². The van der Waals surface area contributed by atoms with Crippen molar-refractivity contribution in [1.82, 2.24) is 4.98 Å². The van der Waals surface area contributed by atoms with Crippen LogP contribution in [0.1, 0.15) is 11.3 Å². The van der Waals surface area contributed by atoms with Crippen molar-refractivity contribution in [3.8, 4) is 0 Å². The van der Waals surface area contributed by atoms with E-state index < -0.39 is 11.7 Å². The maximum Gasteiger partial charge on any atom is 0.418 e. The maximum absolute atomic E-state index is 12.7. The lowest BCUT2D eigenvalue weighted by Crippen LogP contribution is -2.06. The number of alkyl halides is 3. The van der Waals surface area contributed by atoms with Crippen LogP contribution in [-0.2, 0) is 6.18 Å². The molecule has 1 aromatic heterocycles. The molecule has 0 amide bonds. The lowest BCUT2D eigenvalue weighted by Gasteiger charge is -2.10. The average Bonchev–Trinajstić information content (AvgIpc) is 2.15. The smallest absolute Gasteiger partial charge is 0.252 e. The summed E-state index contributed by atoms with van der Waals surface area (Å²) in [6.07, 6.45) is -4.38. The molecule has 0 unspecified atom stereocenters. The van der Waals surface area contributed by atoms with Crippen molar-refractivity contribution in [3.05, 3.63) is 40.0 Å². The van der Waals surface area contributed by atoms with E-state index in [-0.39, 0.29) is 5.52 Å². The maximum atomic E-state index is 12.7. The predicted octanol–water partition coefficient (Wildman–Crippen LogP) is 4.32. The van der Waals surface area contributed by atoms with E-state index >= 15 is 0 Å². The Kier molecular flexibility index (Phi) is 2.66. The molecule has 0 aliphatic heterocycles. The summed E-state index contributed by atoms with van der Waals surface area (Å²) in [5.41, 5.74) is -0.160. The van der Waals surface area contributed by atoms with Gasteiger partial charge in [-0.1, -0.05) is 28.1 Å². The SMILES string of the molecule is Cc1cc(Br)c2cccc(C(F)(F)F)c2n1. The molecular formula is C11H7BrF3N. The number of aromatic nitrogens is 1. The molecule has 1 aromatic carbocycles. The van der Waals surface area contributed by atoms with Crippen LogP contribution in [-0.4, -0.2) is 4.98 Å². The average molecular weight is 290 g/mol. The van der Waals surface area contributed by atoms with Crippen LogP contribution in [0.5, 0.6) is 0 Å². The molecule has 0 saturated carbocycles. The standard InChI is InChI=1S/C11H7BrF3N/c1-6-5-9(12)7-3-2-4-8(10(7)16-6)11(13,14)15/h2-5H,1H3. The Morgan fingerprint density at radius 3 is 2.56 bits per heavy atom. The molecule has 2 aromatic rings. The first-order valence-electron chi connectivity index (χ1n) is 4.52. The van der Waals surface area contributed by atoms with E-state index in [0.717, 1.165) is 6.07 Å². The van der Waals surface area contributed by atoms with Gasteiger partial charge >= 0.3 is 6.18 Å². The summed E-state index contributed by atoms with van der Waals surface area (Å²) in [5, 5.41) is 0.473. The zero-order valence-electron chi connectivity index (χ0n) is 8.27. The quantitative estimate of drug-likeness (QED) is 0.704. The summed E-state index contributed by atoms with van der Waals surface area (Å²) < 4.78 is 38.8. The van der Waals surface area contributed by atoms with E-state index in [1.807, 2.05) is 0 Å². The molecule has 0 radical (unpaired) electrons. The molecule has 84 valence electrons. The second-order valence-corrected chi connectivity index (χ2v) is 4.30. The zero-order valence-corrected chi connectivity index (χ0v) is 9.85. The van der Waals surface area contributed by atoms with Crippen molar-refractivity contribution in [2.75, 3.05) is 0 Å². The number of hydrogen-bond acceptors (Lipinski definition) is 1. The molecular weight excluding hydrogens is 283 g/mol. The molecule has 16 heavy (non-hydrogen) atoms. The first kappa shape index (κ1) is 11.4. The molecule has 0 saturated heterocycles. The van der Waals surface area contributed by atoms with Gasteiger partial charge < -0.3 is 0 Å². The summed E-state index contributed by atoms with van der Waals surface area (Å²) in [7, 11) is 0. The Bertz CT molecular complexity index is 549. The van der Waals surface area contributed by atoms with Gasteiger partial charge in [0.2, 0.25) is 0 Å². The molecule has 1 nitrogen and oxygen atoms in total. The van der Waals surface area contributed by atoms with Gasteiger partial charge in [0.05, 0.1) is 11.1 Å². The highest BCUT2D eigenvalue weighted by Gasteiger charge is 2.33. The lowest BCUT2D eigenvalue weighted by molar-refractivity contribution is -0.136. The molecule has 0 aliphatic carbocycles. The van der Waals surface area contributed by atoms with Crippen molar-refractivity contribution >= 4 is 26.8 Å². The van der Waals surface area contributed by atoms with E-state index in [9.17, 15) is 13.2 Å². The molecule has 0 N–H and O–H groups in total. The number of aryl methyl sites for hydroxylation is 1. The van der Waals surface area contributed by atoms with E-state index in [1.165, 1.54) is 6.07 Å². The topological polar surface area (TPSA) is 12.9 Å². The first-order valence-corrected chi connectivity index (χ1v) is 5.32. The minimum absolute atomic E-state index is 0.0122. The lowest BCUT2D eigenvalue weighted by atomic mass is 10.1. The van der Waals surface area contributed by atoms with Crippen LogP contribution >= 0.6 is 15.9 Å². The Hall–Kier alpha value is -1.10. The van der Waals surface area contributed by atoms with Crippen molar-refractivity contribution in [3.63, 3.8) is 0 Å². The largest absolute Gasteiger partial charge is 0.418 e. The summed E-state index contributed by atoms with van der Waals surface area (Å²) in [5.74, 6) is 0. The van der Waals surface area contributed by atoms with Gasteiger partial charge in [0, 0.05) is 15.6 Å². The van der Waals surface area contributed by atoms with E-state index in [0.29, 0.717) is 15.6 Å². The number of para-hydroxylation sites is 1. The van der Waals surface area contributed by atoms with Crippen molar-refractivity contribution < 1.29 is 13.2 Å². The first-order chi connectivity index (χ1) is 7.39. The highest BCUT2D eigenvalue weighted by Crippen LogP contribution is 2.35. The van der Waals surface area contributed by atoms with Crippen LogP contribution in [0.4, 0.5) is 13.2 Å². The molecule has 0 atom stereocenters. The Balaban J connectivity index is 2.87. The van der Waals surface area contributed by atoms with Crippen molar-refractivity contribution in [1.29, 1.82) is 0 Å². The van der Waals surface area contributed by atoms with Crippen molar-refractivity contribution in [2.24, 2.45) is 0 Å². The Morgan fingerprint density at radius 2 is 1.94 bits per heavy atom. The summed E-state index contributed by atoms with van der Waals surface area (Å²) in [4.78, 5) is 3.95. The summed E-state index contributed by atoms with van der Waals surface area (Å²) in [6.45, 7) is 1.66. The third-order valence-electron chi connectivity index (χ3n) is 2.22. The fourth-order valence-corrected chi connectivity index (χ4v) is 2.21. The second kappa shape index (κ2) is 3.73. The summed E-state index contributed by atoms with van der Waals surface area (Å²) >= 11 is 3.24. The van der Waals surface area contributed by atoms with Crippen LogP contribution in [0.25, 0.3) is 10.9 Å². The number of hydrogen-bond donors (Lipinski definition) is 0. The van der Waals surface area contributed by atoms with Gasteiger partial charge in [-0.2, -0.15) is 13.2 Å². The molecule has 1 heterocycles. The van der Waals surface area contributed by atoms with Crippen LogP contribution in [0.15, 0.2) is 28.7 Å². The van der Waals surface area contributed by atoms with Gasteiger partial charge in [-0.15, -0.1) is 0 Å². The number of nitrogens with zero attached hydrogens (tertiary/aromatic N) is 1. The molecule has 0 bridgehead atoms. The van der Waals surface area contributed by atoms with Crippen molar-refractivity contribution in [2.45, 2.75) is 13.1 Å². The van der Waals surface area contributed by atoms with Gasteiger partial charge in [0.1, 0.15) is 0 Å². The molecule has 2 rings (SSSR count). The third-order valence-corrected chi connectivity index (χ3v) is 2.88. The van der Waals surface area contributed by atoms with Crippen LogP contribution in [0.3, 0.4) is 0 Å². The van der Waals surface area contributed by atoms with Crippen LogP contribution in [0, 0.1) is 6.92 Å². The number of halogens is 4. The Labute approximate surface area is 98.4 Å². The van der Waals surface area contributed by atoms with E-state index in [2.05, 4.69) is 20.9 Å². The van der Waals surface area contributed by atoms with Crippen LogP contribution < -0.4 is 0 Å². The molecule has 0 spiro atoms. The minimum Gasteiger partial charge on any atom is -0.252 e. The predicted molar refractivity (Wildman–Crippen MR) is 59.2 cm³/mol. The molecule has 0 fully saturated rings. The Morgan fingerprint density at radius 1 is 1.25 bits per heavy atom. The van der Waals surface area contributed by atoms with E-state index in [4.69, 9.17) is 0 Å². The molecule has 0 aliphatic rings. The van der Waals surface area contributed by atoms with Crippen LogP contribution in [0.2, 0.25) is 0 Å². The fourth-order valence-electron chi connectivity index (χ4n) is 1.56. The van der Waals surface area contributed by atoms with Gasteiger partial charge in [-0.05, 0) is 19.1 Å². The number of benzene rings is 1. The fraction of sp³-hybridized carbons (Fsp3) is 0.182. The van der Waals surface area contributed by atoms with E-state index in [1.54, 1.807) is 19.1 Å². The van der Waals surface area contributed by atoms with Gasteiger partial charge in [0.15, 0.2) is 0 Å². The highest BCUT2D eigenvalue weighted by molar-refractivity contribution is 9.10. The number of fused-ring (bicyclic) bond motifs is 1. The monoisotopic (exact) mass is 289 g/mol. The highest BCUT2D eigenvalue weighted by atomic mass is 79.9. The summed E-state index contributed by atoms with van der Waals surface area (Å²) in [6, 6.07) is 5.73. The third kappa shape index (κ3) is 1.91. The van der Waals surface area contributed by atoms with Gasteiger partial charge in [0.25, 0.3) is 0 Å². The molecule has 5 heteroatoms. The second-order valence-electron chi connectivity index (χ2n) is 3.44. The van der Waals surface area contributed by atoms with Gasteiger partial charge in [-0.25, -0.2) is 0 Å². The minimum atomic E-state index is -4.38. The number of rotatable bonds is 0. The normalized spacial score (nSPS) is 12.1.